The number of hydrogen-bond donors (Lipinski definition) is 1. The number of carbonyl (C=O) groups excluding carboxylic acids is 1. The maximum atomic E-state index is 12.9. The molecule has 34 heavy (non-hydrogen) atoms. The summed E-state index contributed by atoms with van der Waals surface area (Å²) < 4.78 is 0. The van der Waals surface area contributed by atoms with E-state index in [9.17, 15) is 9.59 Å². The lowest BCUT2D eigenvalue weighted by Gasteiger charge is -2.28. The Bertz CT molecular complexity index is 1160. The second kappa shape index (κ2) is 9.84. The predicted octanol–water partition coefficient (Wildman–Crippen LogP) is 6.23. The fourth-order valence-electron chi connectivity index (χ4n) is 5.60. The summed E-state index contributed by atoms with van der Waals surface area (Å²) in [5.74, 6) is 0.341. The van der Waals surface area contributed by atoms with Gasteiger partial charge < -0.3 is 10.0 Å². The van der Waals surface area contributed by atoms with Crippen LogP contribution >= 0.6 is 0 Å². The number of carbonyl (C=O) groups is 2. The molecule has 1 heterocycles. The third-order valence-electron chi connectivity index (χ3n) is 7.50. The lowest BCUT2D eigenvalue weighted by molar-refractivity contribution is -0.138. The fourth-order valence-corrected chi connectivity index (χ4v) is 5.60. The molecule has 1 amide bonds. The molecule has 4 nitrogen and oxygen atoms in total. The van der Waals surface area contributed by atoms with Gasteiger partial charge in [0.05, 0.1) is 6.42 Å². The molecule has 3 aromatic carbocycles. The lowest BCUT2D eigenvalue weighted by Crippen LogP contribution is -2.30. The van der Waals surface area contributed by atoms with E-state index in [0.717, 1.165) is 49.9 Å². The summed E-state index contributed by atoms with van der Waals surface area (Å²) in [6.07, 6.45) is 5.78. The van der Waals surface area contributed by atoms with Crippen LogP contribution in [0.3, 0.4) is 0 Å². The second-order valence-electron chi connectivity index (χ2n) is 9.74. The van der Waals surface area contributed by atoms with Crippen molar-refractivity contribution in [3.05, 3.63) is 89.5 Å². The zero-order chi connectivity index (χ0) is 23.5. The predicted molar refractivity (Wildman–Crippen MR) is 135 cm³/mol. The average Bonchev–Trinajstić information content (AvgIpc) is 3.28. The Morgan fingerprint density at radius 1 is 0.853 bits per heavy atom. The van der Waals surface area contributed by atoms with Crippen molar-refractivity contribution in [2.24, 2.45) is 5.92 Å². The Labute approximate surface area is 201 Å². The Morgan fingerprint density at radius 3 is 2.26 bits per heavy atom. The van der Waals surface area contributed by atoms with Gasteiger partial charge in [-0.05, 0) is 83.9 Å². The van der Waals surface area contributed by atoms with Crippen LogP contribution in [0.5, 0.6) is 0 Å². The van der Waals surface area contributed by atoms with Crippen LogP contribution < -0.4 is 4.90 Å². The fraction of sp³-hybridized carbons (Fsp3) is 0.333. The Morgan fingerprint density at radius 2 is 1.56 bits per heavy atom. The zero-order valence-corrected chi connectivity index (χ0v) is 19.5. The van der Waals surface area contributed by atoms with Gasteiger partial charge in [0.2, 0.25) is 5.91 Å². The molecule has 0 unspecified atom stereocenters. The zero-order valence-electron chi connectivity index (χ0n) is 19.5. The first-order chi connectivity index (χ1) is 16.6. The van der Waals surface area contributed by atoms with Crippen LogP contribution in [0.2, 0.25) is 0 Å². The van der Waals surface area contributed by atoms with Gasteiger partial charge in [0.1, 0.15) is 0 Å². The summed E-state index contributed by atoms with van der Waals surface area (Å²) in [6, 6.07) is 25.3. The molecule has 1 saturated carbocycles. The largest absolute Gasteiger partial charge is 0.481 e. The molecular formula is C30H31NO3. The Balaban J connectivity index is 1.24. The summed E-state index contributed by atoms with van der Waals surface area (Å²) in [4.78, 5) is 25.8. The van der Waals surface area contributed by atoms with E-state index in [2.05, 4.69) is 42.5 Å². The first kappa shape index (κ1) is 22.4. The summed E-state index contributed by atoms with van der Waals surface area (Å²) in [5.41, 5.74) is 7.07. The van der Waals surface area contributed by atoms with Gasteiger partial charge in [-0.15, -0.1) is 0 Å². The van der Waals surface area contributed by atoms with Gasteiger partial charge in [-0.2, -0.15) is 0 Å². The average molecular weight is 454 g/mol. The smallest absolute Gasteiger partial charge is 0.303 e. The molecule has 0 saturated heterocycles. The lowest BCUT2D eigenvalue weighted by atomic mass is 9.77. The minimum atomic E-state index is -0.675. The van der Waals surface area contributed by atoms with Crippen molar-refractivity contribution in [3.8, 4) is 11.1 Å². The molecule has 0 aromatic heterocycles. The highest BCUT2D eigenvalue weighted by molar-refractivity contribution is 5.97. The van der Waals surface area contributed by atoms with E-state index in [1.54, 1.807) is 0 Å². The van der Waals surface area contributed by atoms with Crippen LogP contribution in [0.25, 0.3) is 11.1 Å². The monoisotopic (exact) mass is 453 g/mol. The van der Waals surface area contributed by atoms with E-state index >= 15 is 0 Å². The quantitative estimate of drug-likeness (QED) is 0.481. The molecule has 2 aliphatic rings. The van der Waals surface area contributed by atoms with Crippen LogP contribution in [-0.4, -0.2) is 23.5 Å². The molecule has 5 rings (SSSR count). The van der Waals surface area contributed by atoms with Gasteiger partial charge in [0.15, 0.2) is 0 Å². The molecule has 1 aliphatic carbocycles. The number of fused-ring (bicyclic) bond motifs is 1. The number of aliphatic carboxylic acids is 1. The van der Waals surface area contributed by atoms with Crippen molar-refractivity contribution in [2.75, 3.05) is 11.4 Å². The Kier molecular flexibility index (Phi) is 6.48. The second-order valence-corrected chi connectivity index (χ2v) is 9.74. The van der Waals surface area contributed by atoms with Gasteiger partial charge in [-0.1, -0.05) is 60.7 Å². The van der Waals surface area contributed by atoms with Crippen LogP contribution in [0, 0.1) is 5.92 Å². The molecule has 0 spiro atoms. The molecule has 1 N–H and O–H groups in total. The number of carboxylic acids is 1. The molecule has 0 radical (unpaired) electrons. The molecule has 1 aliphatic heterocycles. The minimum absolute atomic E-state index is 0.153. The van der Waals surface area contributed by atoms with Crippen LogP contribution in [0.1, 0.15) is 54.7 Å². The SMILES string of the molecule is O=C(O)C[C@H]1CC[C@H](c2ccc(-c3ccc4c(c3)CCN4C(=O)Cc3ccccc3)cc2)CC1. The summed E-state index contributed by atoms with van der Waals surface area (Å²) in [6.45, 7) is 0.744. The summed E-state index contributed by atoms with van der Waals surface area (Å²) in [7, 11) is 0. The standard InChI is InChI=1S/C30H31NO3/c32-29(18-21-4-2-1-3-5-21)31-17-16-27-20-26(14-15-28(27)31)25-12-10-24(11-13-25)23-8-6-22(7-9-23)19-30(33)34/h1-5,10-15,20,22-23H,6-9,16-19H2,(H,33,34)/t22-,23-. The van der Waals surface area contributed by atoms with Crippen molar-refractivity contribution >= 4 is 17.6 Å². The van der Waals surface area contributed by atoms with Gasteiger partial charge in [-0.25, -0.2) is 0 Å². The van der Waals surface area contributed by atoms with Gasteiger partial charge >= 0.3 is 5.97 Å². The molecule has 3 aromatic rings. The normalized spacial score (nSPS) is 19.6. The molecule has 174 valence electrons. The summed E-state index contributed by atoms with van der Waals surface area (Å²) in [5, 5.41) is 9.03. The maximum absolute atomic E-state index is 12.9. The van der Waals surface area contributed by atoms with Crippen molar-refractivity contribution in [1.82, 2.24) is 0 Å². The van der Waals surface area contributed by atoms with Crippen LogP contribution in [0.15, 0.2) is 72.8 Å². The number of hydrogen-bond acceptors (Lipinski definition) is 2. The van der Waals surface area contributed by atoms with E-state index in [1.807, 2.05) is 35.2 Å². The molecule has 1 fully saturated rings. The first-order valence-electron chi connectivity index (χ1n) is 12.4. The third-order valence-corrected chi connectivity index (χ3v) is 7.50. The molecule has 0 bridgehead atoms. The van der Waals surface area contributed by atoms with Crippen molar-refractivity contribution in [2.45, 2.75) is 50.9 Å². The molecular weight excluding hydrogens is 422 g/mol. The third kappa shape index (κ3) is 4.91. The molecule has 0 atom stereocenters. The number of carboxylic acid groups (broad SMARTS) is 1. The number of anilines is 1. The highest BCUT2D eigenvalue weighted by atomic mass is 16.4. The number of amides is 1. The number of rotatable bonds is 6. The highest BCUT2D eigenvalue weighted by Gasteiger charge is 2.26. The summed E-state index contributed by atoms with van der Waals surface area (Å²) >= 11 is 0. The van der Waals surface area contributed by atoms with Crippen molar-refractivity contribution in [3.63, 3.8) is 0 Å². The number of nitrogens with zero attached hydrogens (tertiary/aromatic N) is 1. The Hall–Kier alpha value is -3.40. The van der Waals surface area contributed by atoms with E-state index in [4.69, 9.17) is 5.11 Å². The molecule has 4 heteroatoms. The van der Waals surface area contributed by atoms with E-state index in [0.29, 0.717) is 24.7 Å². The van der Waals surface area contributed by atoms with Gasteiger partial charge in [0.25, 0.3) is 0 Å². The van der Waals surface area contributed by atoms with Crippen molar-refractivity contribution < 1.29 is 14.7 Å². The van der Waals surface area contributed by atoms with Gasteiger partial charge in [0, 0.05) is 18.7 Å². The maximum Gasteiger partial charge on any atom is 0.303 e. The van der Waals surface area contributed by atoms with Crippen LogP contribution in [-0.2, 0) is 22.4 Å². The minimum Gasteiger partial charge on any atom is -0.481 e. The van der Waals surface area contributed by atoms with Crippen LogP contribution in [0.4, 0.5) is 5.69 Å². The highest BCUT2D eigenvalue weighted by Crippen LogP contribution is 2.38. The van der Waals surface area contributed by atoms with Crippen molar-refractivity contribution in [1.29, 1.82) is 0 Å². The van der Waals surface area contributed by atoms with Gasteiger partial charge in [-0.3, -0.25) is 9.59 Å². The van der Waals surface area contributed by atoms with E-state index < -0.39 is 5.97 Å². The number of benzene rings is 3. The van der Waals surface area contributed by atoms with E-state index in [-0.39, 0.29) is 5.91 Å². The van der Waals surface area contributed by atoms with E-state index in [1.165, 1.54) is 22.3 Å². The topological polar surface area (TPSA) is 57.6 Å². The first-order valence-corrected chi connectivity index (χ1v) is 12.4.